The molecule has 1 atom stereocenters. The van der Waals surface area contributed by atoms with Crippen LogP contribution in [0.2, 0.25) is 0 Å². The summed E-state index contributed by atoms with van der Waals surface area (Å²) >= 11 is 0. The summed E-state index contributed by atoms with van der Waals surface area (Å²) in [6.07, 6.45) is 4.61. The highest BCUT2D eigenvalue weighted by molar-refractivity contribution is 6.03. The van der Waals surface area contributed by atoms with Crippen LogP contribution >= 0.6 is 0 Å². The Labute approximate surface area is 244 Å². The third kappa shape index (κ3) is 6.72. The number of ether oxygens (including phenoxy) is 1. The lowest BCUT2D eigenvalue weighted by molar-refractivity contribution is -0.111. The molecule has 3 aromatic carbocycles. The molecule has 1 saturated heterocycles. The highest BCUT2D eigenvalue weighted by atomic mass is 19.1. The highest BCUT2D eigenvalue weighted by Gasteiger charge is 2.23. The number of aromatic nitrogens is 2. The molecular weight excluding hydrogens is 538 g/mol. The summed E-state index contributed by atoms with van der Waals surface area (Å²) in [5.74, 6) is -0.721. The van der Waals surface area contributed by atoms with Gasteiger partial charge in [0, 0.05) is 36.3 Å². The first-order chi connectivity index (χ1) is 20.3. The first-order valence-electron chi connectivity index (χ1n) is 13.9. The van der Waals surface area contributed by atoms with Crippen molar-refractivity contribution in [1.29, 1.82) is 0 Å². The average Bonchev–Trinajstić information content (AvgIpc) is 3.45. The second-order valence-corrected chi connectivity index (χ2v) is 10.5. The maximum atomic E-state index is 14.4. The summed E-state index contributed by atoms with van der Waals surface area (Å²) in [6, 6.07) is 14.6. The van der Waals surface area contributed by atoms with Gasteiger partial charge in [0.05, 0.1) is 23.4 Å². The number of fused-ring (bicyclic) bond motifs is 1. The standard InChI is InChI=1S/C32H34F2N6O2/c1-4-30(41)38-28-17-24-27(18-29(28)42-15-7-13-40-14-12-23(19-40)39(2)3)35-20-36-32(24)37-22-9-5-8-21(16-22)31-25(33)10-6-11-26(31)34/h4-6,8-11,16-18,20,23H,1,7,12-15,19H2,2-3H3,(H,38,41)(H,35,36,37)/t23-/m0/s1. The summed E-state index contributed by atoms with van der Waals surface area (Å²) in [6.45, 7) is 7.08. The van der Waals surface area contributed by atoms with Crippen molar-refractivity contribution < 1.29 is 18.3 Å². The van der Waals surface area contributed by atoms with Gasteiger partial charge in [-0.15, -0.1) is 0 Å². The van der Waals surface area contributed by atoms with Crippen molar-refractivity contribution in [2.24, 2.45) is 0 Å². The molecule has 1 aliphatic heterocycles. The van der Waals surface area contributed by atoms with Crippen LogP contribution in [0.15, 0.2) is 73.6 Å². The summed E-state index contributed by atoms with van der Waals surface area (Å²) in [5, 5.41) is 6.67. The molecule has 42 heavy (non-hydrogen) atoms. The lowest BCUT2D eigenvalue weighted by Crippen LogP contribution is -2.32. The van der Waals surface area contributed by atoms with Crippen LogP contribution < -0.4 is 15.4 Å². The number of benzene rings is 3. The highest BCUT2D eigenvalue weighted by Crippen LogP contribution is 2.34. The van der Waals surface area contributed by atoms with E-state index in [0.717, 1.165) is 32.5 Å². The van der Waals surface area contributed by atoms with Gasteiger partial charge in [0.1, 0.15) is 29.5 Å². The maximum Gasteiger partial charge on any atom is 0.247 e. The Morgan fingerprint density at radius 2 is 1.93 bits per heavy atom. The zero-order chi connectivity index (χ0) is 29.6. The monoisotopic (exact) mass is 572 g/mol. The minimum atomic E-state index is -0.645. The van der Waals surface area contributed by atoms with Crippen molar-refractivity contribution in [3.8, 4) is 16.9 Å². The Morgan fingerprint density at radius 3 is 2.67 bits per heavy atom. The quantitative estimate of drug-likeness (QED) is 0.172. The predicted molar refractivity (Wildman–Crippen MR) is 162 cm³/mol. The fraction of sp³-hybridized carbons (Fsp3) is 0.281. The zero-order valence-electron chi connectivity index (χ0n) is 23.7. The molecule has 2 N–H and O–H groups in total. The van der Waals surface area contributed by atoms with Gasteiger partial charge >= 0.3 is 0 Å². The number of nitrogens with one attached hydrogen (secondary N) is 2. The van der Waals surface area contributed by atoms with Crippen LogP contribution in [0.5, 0.6) is 5.75 Å². The smallest absolute Gasteiger partial charge is 0.247 e. The van der Waals surface area contributed by atoms with Crippen LogP contribution in [0.25, 0.3) is 22.0 Å². The second-order valence-electron chi connectivity index (χ2n) is 10.5. The fourth-order valence-electron chi connectivity index (χ4n) is 5.15. The zero-order valence-corrected chi connectivity index (χ0v) is 23.7. The normalized spacial score (nSPS) is 15.2. The summed E-state index contributed by atoms with van der Waals surface area (Å²) in [4.78, 5) is 25.8. The van der Waals surface area contributed by atoms with E-state index < -0.39 is 11.6 Å². The van der Waals surface area contributed by atoms with Gasteiger partial charge in [0.25, 0.3) is 0 Å². The van der Waals surface area contributed by atoms with E-state index in [1.165, 1.54) is 30.6 Å². The Bertz CT molecular complexity index is 1570. The van der Waals surface area contributed by atoms with Gasteiger partial charge in [-0.3, -0.25) is 4.79 Å². The minimum absolute atomic E-state index is 0.104. The van der Waals surface area contributed by atoms with Gasteiger partial charge in [-0.2, -0.15) is 0 Å². The van der Waals surface area contributed by atoms with Crippen LogP contribution in [0.3, 0.4) is 0 Å². The van der Waals surface area contributed by atoms with Gasteiger partial charge in [0.2, 0.25) is 5.91 Å². The van der Waals surface area contributed by atoms with Crippen LogP contribution in [-0.4, -0.2) is 72.1 Å². The van der Waals surface area contributed by atoms with Crippen molar-refractivity contribution in [2.75, 3.05) is 51.0 Å². The van der Waals surface area contributed by atoms with Gasteiger partial charge in [-0.1, -0.05) is 24.8 Å². The molecule has 5 rings (SSSR count). The van der Waals surface area contributed by atoms with E-state index in [0.29, 0.717) is 52.1 Å². The first kappa shape index (κ1) is 29.1. The van der Waals surface area contributed by atoms with E-state index in [1.807, 2.05) is 0 Å². The van der Waals surface area contributed by atoms with E-state index in [9.17, 15) is 13.6 Å². The lowest BCUT2D eigenvalue weighted by atomic mass is 10.0. The number of nitrogens with zero attached hydrogens (tertiary/aromatic N) is 4. The molecule has 218 valence electrons. The minimum Gasteiger partial charge on any atom is -0.491 e. The molecule has 2 heterocycles. The van der Waals surface area contributed by atoms with Gasteiger partial charge in [0.15, 0.2) is 0 Å². The molecule has 1 aromatic heterocycles. The Hall–Kier alpha value is -4.41. The molecule has 0 radical (unpaired) electrons. The molecule has 8 nitrogen and oxygen atoms in total. The van der Waals surface area contributed by atoms with E-state index in [4.69, 9.17) is 4.74 Å². The SMILES string of the molecule is C=CC(=O)Nc1cc2c(Nc3cccc(-c4c(F)cccc4F)c3)ncnc2cc1OCCCN1CC[C@H](N(C)C)C1. The summed E-state index contributed by atoms with van der Waals surface area (Å²) in [5.41, 5.74) is 1.91. The second kappa shape index (κ2) is 13.1. The molecule has 1 fully saturated rings. The maximum absolute atomic E-state index is 14.4. The number of likely N-dealkylation sites (tertiary alicyclic amines) is 1. The molecular formula is C32H34F2N6O2. The topological polar surface area (TPSA) is 82.6 Å². The summed E-state index contributed by atoms with van der Waals surface area (Å²) < 4.78 is 35.0. The van der Waals surface area contributed by atoms with E-state index in [-0.39, 0.29) is 11.5 Å². The molecule has 1 aliphatic rings. The van der Waals surface area contributed by atoms with E-state index >= 15 is 0 Å². The number of amides is 1. The number of rotatable bonds is 11. The van der Waals surface area contributed by atoms with Crippen molar-refractivity contribution in [3.63, 3.8) is 0 Å². The molecule has 0 aliphatic carbocycles. The molecule has 0 spiro atoms. The van der Waals surface area contributed by atoms with Crippen molar-refractivity contribution in [3.05, 3.63) is 85.2 Å². The molecule has 10 heteroatoms. The largest absolute Gasteiger partial charge is 0.491 e. The number of carbonyl (C=O) groups is 1. The van der Waals surface area contributed by atoms with Crippen molar-refractivity contribution >= 4 is 34.0 Å². The van der Waals surface area contributed by atoms with Crippen LogP contribution in [0, 0.1) is 11.6 Å². The number of halogens is 2. The van der Waals surface area contributed by atoms with Crippen molar-refractivity contribution in [2.45, 2.75) is 18.9 Å². The van der Waals surface area contributed by atoms with Gasteiger partial charge in [-0.05, 0) is 75.5 Å². The van der Waals surface area contributed by atoms with Crippen LogP contribution in [0.4, 0.5) is 26.0 Å². The Kier molecular flexibility index (Phi) is 9.04. The molecule has 1 amide bonds. The van der Waals surface area contributed by atoms with E-state index in [2.05, 4.69) is 51.1 Å². The number of hydrogen-bond donors (Lipinski definition) is 2. The number of anilines is 3. The molecule has 0 bridgehead atoms. The Morgan fingerprint density at radius 1 is 1.14 bits per heavy atom. The third-order valence-corrected chi connectivity index (χ3v) is 7.41. The van der Waals surface area contributed by atoms with Crippen LogP contribution in [0.1, 0.15) is 12.8 Å². The molecule has 0 saturated carbocycles. The number of carbonyl (C=O) groups excluding carboxylic acids is 1. The summed E-state index contributed by atoms with van der Waals surface area (Å²) in [7, 11) is 4.23. The lowest BCUT2D eigenvalue weighted by Gasteiger charge is -2.20. The average molecular weight is 573 g/mol. The fourth-order valence-corrected chi connectivity index (χ4v) is 5.15. The molecule has 4 aromatic rings. The van der Waals surface area contributed by atoms with E-state index in [1.54, 1.807) is 36.4 Å². The van der Waals surface area contributed by atoms with Gasteiger partial charge in [-0.25, -0.2) is 18.7 Å². The third-order valence-electron chi connectivity index (χ3n) is 7.41. The number of likely N-dealkylation sites (N-methyl/N-ethyl adjacent to an activating group) is 1. The van der Waals surface area contributed by atoms with Gasteiger partial charge < -0.3 is 25.2 Å². The van der Waals surface area contributed by atoms with Crippen molar-refractivity contribution in [1.82, 2.24) is 19.8 Å². The predicted octanol–water partition coefficient (Wildman–Crippen LogP) is 5.85. The molecule has 0 unspecified atom stereocenters. The number of hydrogen-bond acceptors (Lipinski definition) is 7. The first-order valence-corrected chi connectivity index (χ1v) is 13.9. The Balaban J connectivity index is 1.36. The van der Waals surface area contributed by atoms with Crippen LogP contribution in [-0.2, 0) is 4.79 Å².